The highest BCUT2D eigenvalue weighted by molar-refractivity contribution is 6.34. The van der Waals surface area contributed by atoms with Crippen LogP contribution in [0.15, 0.2) is 36.4 Å². The number of carbonyl (C=O) groups is 1. The highest BCUT2D eigenvalue weighted by atomic mass is 35.5. The number of hydrogen-bond acceptors (Lipinski definition) is 4. The molecule has 27 heavy (non-hydrogen) atoms. The molecule has 3 rings (SSSR count). The Morgan fingerprint density at radius 1 is 1.19 bits per heavy atom. The predicted octanol–water partition coefficient (Wildman–Crippen LogP) is 4.04. The van der Waals surface area contributed by atoms with Crippen molar-refractivity contribution in [2.75, 3.05) is 26.7 Å². The van der Waals surface area contributed by atoms with Crippen molar-refractivity contribution in [1.29, 1.82) is 0 Å². The van der Waals surface area contributed by atoms with Gasteiger partial charge in [-0.3, -0.25) is 9.69 Å². The molecule has 0 saturated carbocycles. The van der Waals surface area contributed by atoms with Crippen LogP contribution in [0.2, 0.25) is 10.2 Å². The van der Waals surface area contributed by atoms with Crippen LogP contribution in [0.3, 0.4) is 0 Å². The van der Waals surface area contributed by atoms with Gasteiger partial charge in [-0.15, -0.1) is 0 Å². The van der Waals surface area contributed by atoms with Crippen molar-refractivity contribution in [2.45, 2.75) is 19.4 Å². The Morgan fingerprint density at radius 3 is 2.56 bits per heavy atom. The lowest BCUT2D eigenvalue weighted by Crippen LogP contribution is -2.38. The number of nitrogens with zero attached hydrogens (tertiary/aromatic N) is 2. The van der Waals surface area contributed by atoms with Crippen molar-refractivity contribution >= 4 is 29.1 Å². The fraction of sp³-hybridized carbons (Fsp3) is 0.400. The Labute approximate surface area is 169 Å². The van der Waals surface area contributed by atoms with Crippen molar-refractivity contribution in [3.8, 4) is 5.75 Å². The van der Waals surface area contributed by atoms with Crippen LogP contribution in [0.1, 0.15) is 28.9 Å². The van der Waals surface area contributed by atoms with Crippen LogP contribution in [0.25, 0.3) is 0 Å². The summed E-state index contributed by atoms with van der Waals surface area (Å²) in [5, 5.41) is 3.51. The summed E-state index contributed by atoms with van der Waals surface area (Å²) in [6.07, 6.45) is 2.10. The summed E-state index contributed by atoms with van der Waals surface area (Å²) in [4.78, 5) is 18.7. The molecule has 0 bridgehead atoms. The maximum absolute atomic E-state index is 12.3. The molecule has 144 valence electrons. The van der Waals surface area contributed by atoms with Crippen molar-refractivity contribution < 1.29 is 9.53 Å². The van der Waals surface area contributed by atoms with Gasteiger partial charge in [-0.05, 0) is 61.7 Å². The van der Waals surface area contributed by atoms with Gasteiger partial charge in [0.15, 0.2) is 0 Å². The third-order valence-electron chi connectivity index (χ3n) is 4.85. The number of methoxy groups -OCH3 is 1. The first-order valence-corrected chi connectivity index (χ1v) is 9.76. The Bertz CT molecular complexity index is 775. The summed E-state index contributed by atoms with van der Waals surface area (Å²) in [6, 6.07) is 11.3. The van der Waals surface area contributed by atoms with E-state index in [0.717, 1.165) is 38.2 Å². The second-order valence-corrected chi connectivity index (χ2v) is 7.54. The minimum absolute atomic E-state index is 0.182. The number of halogens is 2. The number of carbonyl (C=O) groups excluding carboxylic acids is 1. The van der Waals surface area contributed by atoms with Gasteiger partial charge in [0, 0.05) is 13.1 Å². The molecular formula is C20H23Cl2N3O2. The summed E-state index contributed by atoms with van der Waals surface area (Å²) < 4.78 is 5.20. The van der Waals surface area contributed by atoms with Crippen LogP contribution in [0.4, 0.5) is 0 Å². The highest BCUT2D eigenvalue weighted by Gasteiger charge is 2.21. The van der Waals surface area contributed by atoms with E-state index in [1.165, 1.54) is 5.56 Å². The predicted molar refractivity (Wildman–Crippen MR) is 108 cm³/mol. The van der Waals surface area contributed by atoms with Gasteiger partial charge < -0.3 is 10.1 Å². The van der Waals surface area contributed by atoms with Crippen LogP contribution in [0, 0.1) is 5.92 Å². The average molecular weight is 408 g/mol. The van der Waals surface area contributed by atoms with E-state index in [1.807, 2.05) is 12.1 Å². The van der Waals surface area contributed by atoms with E-state index < -0.39 is 0 Å². The van der Waals surface area contributed by atoms with Gasteiger partial charge in [0.25, 0.3) is 5.91 Å². The molecule has 1 saturated heterocycles. The molecule has 0 aliphatic carbocycles. The minimum atomic E-state index is -0.275. The molecule has 1 aromatic carbocycles. The SMILES string of the molecule is COc1ccc(CN2CCC(CNC(=O)c3nc(Cl)ccc3Cl)CC2)cc1. The maximum atomic E-state index is 12.3. The molecule has 1 fully saturated rings. The fourth-order valence-corrected chi connectivity index (χ4v) is 3.57. The Morgan fingerprint density at radius 2 is 1.89 bits per heavy atom. The third kappa shape index (κ3) is 5.58. The summed E-state index contributed by atoms with van der Waals surface area (Å²) in [7, 11) is 1.68. The molecular weight excluding hydrogens is 385 g/mol. The van der Waals surface area contributed by atoms with E-state index in [4.69, 9.17) is 27.9 Å². The van der Waals surface area contributed by atoms with E-state index >= 15 is 0 Å². The maximum Gasteiger partial charge on any atom is 0.271 e. The number of hydrogen-bond donors (Lipinski definition) is 1. The second kappa shape index (κ2) is 9.40. The largest absolute Gasteiger partial charge is 0.497 e. The number of nitrogens with one attached hydrogen (secondary N) is 1. The van der Waals surface area contributed by atoms with Crippen LogP contribution in [-0.2, 0) is 6.54 Å². The van der Waals surface area contributed by atoms with Crippen molar-refractivity contribution in [2.24, 2.45) is 5.92 Å². The number of aromatic nitrogens is 1. The molecule has 0 atom stereocenters. The first kappa shape index (κ1) is 19.9. The van der Waals surface area contributed by atoms with Crippen LogP contribution in [-0.4, -0.2) is 42.5 Å². The molecule has 7 heteroatoms. The van der Waals surface area contributed by atoms with E-state index in [1.54, 1.807) is 19.2 Å². The zero-order valence-electron chi connectivity index (χ0n) is 15.3. The molecule has 2 heterocycles. The quantitative estimate of drug-likeness (QED) is 0.734. The average Bonchev–Trinajstić information content (AvgIpc) is 2.69. The van der Waals surface area contributed by atoms with Crippen LogP contribution < -0.4 is 10.1 Å². The van der Waals surface area contributed by atoms with E-state index in [0.29, 0.717) is 17.5 Å². The lowest BCUT2D eigenvalue weighted by molar-refractivity contribution is 0.0930. The topological polar surface area (TPSA) is 54.5 Å². The number of amides is 1. The zero-order valence-corrected chi connectivity index (χ0v) is 16.8. The van der Waals surface area contributed by atoms with Gasteiger partial charge in [-0.1, -0.05) is 35.3 Å². The number of rotatable bonds is 6. The van der Waals surface area contributed by atoms with Gasteiger partial charge in [-0.2, -0.15) is 0 Å². The number of pyridine rings is 1. The molecule has 1 aliphatic heterocycles. The van der Waals surface area contributed by atoms with Crippen molar-refractivity contribution in [3.05, 3.63) is 57.8 Å². The smallest absolute Gasteiger partial charge is 0.271 e. The van der Waals surface area contributed by atoms with Gasteiger partial charge in [0.05, 0.1) is 12.1 Å². The molecule has 1 N–H and O–H groups in total. The van der Waals surface area contributed by atoms with Gasteiger partial charge in [0.1, 0.15) is 16.6 Å². The molecule has 2 aromatic rings. The molecule has 1 aromatic heterocycles. The van der Waals surface area contributed by atoms with E-state index in [2.05, 4.69) is 27.3 Å². The van der Waals surface area contributed by atoms with Gasteiger partial charge in [0.2, 0.25) is 0 Å². The molecule has 0 unspecified atom stereocenters. The molecule has 0 spiro atoms. The van der Waals surface area contributed by atoms with E-state index in [-0.39, 0.29) is 16.8 Å². The summed E-state index contributed by atoms with van der Waals surface area (Å²) in [5.41, 5.74) is 1.46. The molecule has 5 nitrogen and oxygen atoms in total. The first-order valence-electron chi connectivity index (χ1n) is 9.00. The number of ether oxygens (including phenoxy) is 1. The summed E-state index contributed by atoms with van der Waals surface area (Å²) >= 11 is 11.9. The summed E-state index contributed by atoms with van der Waals surface area (Å²) in [5.74, 6) is 1.06. The molecule has 1 aliphatic rings. The standard InChI is InChI=1S/C20H23Cl2N3O2/c1-27-16-4-2-15(3-5-16)13-25-10-8-14(9-11-25)12-23-20(26)19-17(21)6-7-18(22)24-19/h2-7,14H,8-13H2,1H3,(H,23,26). The van der Waals surface area contributed by atoms with Crippen molar-refractivity contribution in [3.63, 3.8) is 0 Å². The third-order valence-corrected chi connectivity index (χ3v) is 5.37. The van der Waals surface area contributed by atoms with Gasteiger partial charge >= 0.3 is 0 Å². The number of benzene rings is 1. The van der Waals surface area contributed by atoms with Crippen molar-refractivity contribution in [1.82, 2.24) is 15.2 Å². The Balaban J connectivity index is 1.44. The first-order chi connectivity index (χ1) is 13.0. The number of likely N-dealkylation sites (tertiary alicyclic amines) is 1. The zero-order chi connectivity index (χ0) is 19.2. The molecule has 0 radical (unpaired) electrons. The van der Waals surface area contributed by atoms with E-state index in [9.17, 15) is 4.79 Å². The Hall–Kier alpha value is -1.82. The monoisotopic (exact) mass is 407 g/mol. The summed E-state index contributed by atoms with van der Waals surface area (Å²) in [6.45, 7) is 3.59. The van der Waals surface area contributed by atoms with Crippen LogP contribution >= 0.6 is 23.2 Å². The normalized spacial score (nSPS) is 15.5. The Kier molecular flexibility index (Phi) is 6.94. The number of piperidine rings is 1. The van der Waals surface area contributed by atoms with Crippen LogP contribution in [0.5, 0.6) is 5.75 Å². The lowest BCUT2D eigenvalue weighted by Gasteiger charge is -2.32. The second-order valence-electron chi connectivity index (χ2n) is 6.74. The fourth-order valence-electron chi connectivity index (χ4n) is 3.24. The lowest BCUT2D eigenvalue weighted by atomic mass is 9.96. The minimum Gasteiger partial charge on any atom is -0.497 e. The highest BCUT2D eigenvalue weighted by Crippen LogP contribution is 2.21. The molecule has 1 amide bonds. The van der Waals surface area contributed by atoms with Gasteiger partial charge in [-0.25, -0.2) is 4.98 Å².